The first-order valence-electron chi connectivity index (χ1n) is 9.69. The standard InChI is InChI=1S/C20H30N2O6/c1-4-5-6-7-8-9-10-27-20(26)15-11-16(28-14(2)3)18(21-12-15)19(25)22-13-17(23)24/h11-12,14H,4-10,13H2,1-3H3,(H,22,25)(H,23,24). The lowest BCUT2D eigenvalue weighted by Gasteiger charge is -2.14. The zero-order valence-corrected chi connectivity index (χ0v) is 16.8. The molecule has 0 aliphatic carbocycles. The van der Waals surface area contributed by atoms with Gasteiger partial charge in [-0.05, 0) is 26.3 Å². The fourth-order valence-electron chi connectivity index (χ4n) is 2.44. The number of nitrogens with one attached hydrogen (secondary N) is 1. The summed E-state index contributed by atoms with van der Waals surface area (Å²) in [5.74, 6) is -2.29. The summed E-state index contributed by atoms with van der Waals surface area (Å²) in [6.07, 6.45) is 7.50. The van der Waals surface area contributed by atoms with Crippen LogP contribution in [0.15, 0.2) is 12.3 Å². The van der Waals surface area contributed by atoms with Gasteiger partial charge < -0.3 is 19.9 Å². The second-order valence-electron chi connectivity index (χ2n) is 6.72. The Morgan fingerprint density at radius 1 is 1.14 bits per heavy atom. The molecule has 0 unspecified atom stereocenters. The van der Waals surface area contributed by atoms with Crippen LogP contribution in [0.3, 0.4) is 0 Å². The number of amides is 1. The lowest BCUT2D eigenvalue weighted by molar-refractivity contribution is -0.135. The number of hydrogen-bond acceptors (Lipinski definition) is 6. The van der Waals surface area contributed by atoms with Gasteiger partial charge in [-0.25, -0.2) is 9.78 Å². The van der Waals surface area contributed by atoms with Crippen molar-refractivity contribution in [1.82, 2.24) is 10.3 Å². The summed E-state index contributed by atoms with van der Waals surface area (Å²) in [6.45, 7) is 5.48. The minimum Gasteiger partial charge on any atom is -0.489 e. The molecule has 2 N–H and O–H groups in total. The monoisotopic (exact) mass is 394 g/mol. The summed E-state index contributed by atoms with van der Waals surface area (Å²) >= 11 is 0. The molecule has 8 nitrogen and oxygen atoms in total. The third-order valence-electron chi connectivity index (χ3n) is 3.80. The molecule has 0 aromatic carbocycles. The average molecular weight is 394 g/mol. The van der Waals surface area contributed by atoms with Crippen molar-refractivity contribution in [3.8, 4) is 5.75 Å². The number of hydrogen-bond donors (Lipinski definition) is 2. The predicted octanol–water partition coefficient (Wildman–Crippen LogP) is 3.20. The molecule has 1 amide bonds. The van der Waals surface area contributed by atoms with Crippen molar-refractivity contribution in [3.63, 3.8) is 0 Å². The maximum Gasteiger partial charge on any atom is 0.339 e. The number of carboxylic acid groups (broad SMARTS) is 1. The molecule has 0 saturated heterocycles. The molecule has 1 heterocycles. The smallest absolute Gasteiger partial charge is 0.339 e. The molecule has 0 aliphatic rings. The number of nitrogens with zero attached hydrogens (tertiary/aromatic N) is 1. The van der Waals surface area contributed by atoms with Crippen molar-refractivity contribution in [3.05, 3.63) is 23.5 Å². The van der Waals surface area contributed by atoms with E-state index in [4.69, 9.17) is 14.6 Å². The topological polar surface area (TPSA) is 115 Å². The number of unbranched alkanes of at least 4 members (excludes halogenated alkanes) is 5. The van der Waals surface area contributed by atoms with Gasteiger partial charge in [-0.15, -0.1) is 0 Å². The summed E-state index contributed by atoms with van der Waals surface area (Å²) < 4.78 is 10.8. The molecule has 1 aromatic rings. The summed E-state index contributed by atoms with van der Waals surface area (Å²) in [7, 11) is 0. The fourth-order valence-corrected chi connectivity index (χ4v) is 2.44. The molecule has 0 spiro atoms. The Morgan fingerprint density at radius 2 is 1.82 bits per heavy atom. The summed E-state index contributed by atoms with van der Waals surface area (Å²) in [6, 6.07) is 1.40. The van der Waals surface area contributed by atoms with E-state index in [1.165, 1.54) is 31.5 Å². The number of esters is 1. The number of ether oxygens (including phenoxy) is 2. The van der Waals surface area contributed by atoms with Crippen molar-refractivity contribution >= 4 is 17.8 Å². The number of carbonyl (C=O) groups is 3. The van der Waals surface area contributed by atoms with Crippen LogP contribution in [0.1, 0.15) is 80.1 Å². The van der Waals surface area contributed by atoms with Gasteiger partial charge in [-0.1, -0.05) is 39.0 Å². The highest BCUT2D eigenvalue weighted by molar-refractivity contribution is 5.98. The van der Waals surface area contributed by atoms with Crippen LogP contribution < -0.4 is 10.1 Å². The molecule has 1 rings (SSSR count). The number of aromatic nitrogens is 1. The Bertz CT molecular complexity index is 660. The molecule has 0 bridgehead atoms. The molecule has 156 valence electrons. The van der Waals surface area contributed by atoms with E-state index in [1.807, 2.05) is 0 Å². The zero-order valence-electron chi connectivity index (χ0n) is 16.8. The first kappa shape index (κ1) is 23.4. The van der Waals surface area contributed by atoms with Crippen LogP contribution in [0.4, 0.5) is 0 Å². The van der Waals surface area contributed by atoms with Gasteiger partial charge in [0.15, 0.2) is 11.4 Å². The van der Waals surface area contributed by atoms with Crippen LogP contribution >= 0.6 is 0 Å². The van der Waals surface area contributed by atoms with Crippen LogP contribution in [-0.2, 0) is 9.53 Å². The van der Waals surface area contributed by atoms with Gasteiger partial charge in [0, 0.05) is 6.20 Å². The van der Waals surface area contributed by atoms with Gasteiger partial charge in [0.05, 0.1) is 18.3 Å². The normalized spacial score (nSPS) is 10.6. The van der Waals surface area contributed by atoms with E-state index in [9.17, 15) is 14.4 Å². The van der Waals surface area contributed by atoms with Gasteiger partial charge in [0.1, 0.15) is 6.54 Å². The first-order chi connectivity index (χ1) is 13.3. The van der Waals surface area contributed by atoms with E-state index in [2.05, 4.69) is 17.2 Å². The third kappa shape index (κ3) is 8.83. The van der Waals surface area contributed by atoms with Crippen molar-refractivity contribution in [2.45, 2.75) is 65.4 Å². The lowest BCUT2D eigenvalue weighted by Crippen LogP contribution is -2.30. The van der Waals surface area contributed by atoms with E-state index in [-0.39, 0.29) is 23.1 Å². The Morgan fingerprint density at radius 3 is 2.46 bits per heavy atom. The van der Waals surface area contributed by atoms with Crippen molar-refractivity contribution in [2.75, 3.05) is 13.2 Å². The number of rotatable bonds is 13. The van der Waals surface area contributed by atoms with Gasteiger partial charge in [0.2, 0.25) is 0 Å². The molecule has 0 aliphatic heterocycles. The molecule has 0 atom stereocenters. The molecule has 28 heavy (non-hydrogen) atoms. The molecule has 0 radical (unpaired) electrons. The van der Waals surface area contributed by atoms with Crippen molar-refractivity contribution < 1.29 is 29.0 Å². The number of carboxylic acids is 1. The Balaban J connectivity index is 2.70. The van der Waals surface area contributed by atoms with E-state index in [0.29, 0.717) is 6.61 Å². The molecular formula is C20H30N2O6. The molecule has 1 aromatic heterocycles. The molecule has 0 fully saturated rings. The predicted molar refractivity (Wildman–Crippen MR) is 104 cm³/mol. The van der Waals surface area contributed by atoms with Gasteiger partial charge >= 0.3 is 11.9 Å². The van der Waals surface area contributed by atoms with Crippen LogP contribution in [0.5, 0.6) is 5.75 Å². The fraction of sp³-hybridized carbons (Fsp3) is 0.600. The SMILES string of the molecule is CCCCCCCCOC(=O)c1cnc(C(=O)NCC(=O)O)c(OC(C)C)c1. The van der Waals surface area contributed by atoms with Gasteiger partial charge in [-0.3, -0.25) is 9.59 Å². The van der Waals surface area contributed by atoms with Gasteiger partial charge in [-0.2, -0.15) is 0 Å². The summed E-state index contributed by atoms with van der Waals surface area (Å²) in [5.41, 5.74) is 0.0961. The van der Waals surface area contributed by atoms with Crippen molar-refractivity contribution in [2.24, 2.45) is 0 Å². The van der Waals surface area contributed by atoms with Crippen LogP contribution in [-0.4, -0.2) is 47.2 Å². The number of pyridine rings is 1. The number of carbonyl (C=O) groups excluding carboxylic acids is 2. The maximum absolute atomic E-state index is 12.2. The lowest BCUT2D eigenvalue weighted by atomic mass is 10.1. The summed E-state index contributed by atoms with van der Waals surface area (Å²) in [4.78, 5) is 38.9. The highest BCUT2D eigenvalue weighted by Crippen LogP contribution is 2.20. The average Bonchev–Trinajstić information content (AvgIpc) is 2.64. The highest BCUT2D eigenvalue weighted by Gasteiger charge is 2.19. The second-order valence-corrected chi connectivity index (χ2v) is 6.72. The van der Waals surface area contributed by atoms with Gasteiger partial charge in [0.25, 0.3) is 5.91 Å². The highest BCUT2D eigenvalue weighted by atomic mass is 16.5. The zero-order chi connectivity index (χ0) is 20.9. The largest absolute Gasteiger partial charge is 0.489 e. The number of aliphatic carboxylic acids is 1. The third-order valence-corrected chi connectivity index (χ3v) is 3.80. The Kier molecular flexibility index (Phi) is 10.6. The molecule has 0 saturated carbocycles. The van der Waals surface area contributed by atoms with E-state index in [1.54, 1.807) is 13.8 Å². The van der Waals surface area contributed by atoms with Crippen LogP contribution in [0.2, 0.25) is 0 Å². The van der Waals surface area contributed by atoms with E-state index < -0.39 is 24.4 Å². The second kappa shape index (κ2) is 12.7. The summed E-state index contributed by atoms with van der Waals surface area (Å²) in [5, 5.41) is 10.9. The minimum atomic E-state index is -1.17. The Hall–Kier alpha value is -2.64. The Labute approximate surface area is 165 Å². The maximum atomic E-state index is 12.2. The molecule has 8 heteroatoms. The van der Waals surface area contributed by atoms with E-state index >= 15 is 0 Å². The quantitative estimate of drug-likeness (QED) is 0.390. The minimum absolute atomic E-state index is 0.0811. The van der Waals surface area contributed by atoms with Crippen LogP contribution in [0.25, 0.3) is 0 Å². The first-order valence-corrected chi connectivity index (χ1v) is 9.69. The van der Waals surface area contributed by atoms with Crippen LogP contribution in [0, 0.1) is 0 Å². The van der Waals surface area contributed by atoms with E-state index in [0.717, 1.165) is 19.3 Å². The molecular weight excluding hydrogens is 364 g/mol. The van der Waals surface area contributed by atoms with Crippen molar-refractivity contribution in [1.29, 1.82) is 0 Å².